The van der Waals surface area contributed by atoms with Crippen molar-refractivity contribution in [3.63, 3.8) is 0 Å². The van der Waals surface area contributed by atoms with E-state index >= 15 is 0 Å². The molecule has 0 aliphatic heterocycles. The fraction of sp³-hybridized carbons (Fsp3) is 0.385. The number of benzene rings is 1. The van der Waals surface area contributed by atoms with Gasteiger partial charge in [0.15, 0.2) is 5.78 Å². The zero-order valence-electron chi connectivity index (χ0n) is 9.21. The van der Waals surface area contributed by atoms with Gasteiger partial charge in [-0.15, -0.1) is 0 Å². The Bertz CT molecular complexity index is 468. The first-order valence-corrected chi connectivity index (χ1v) is 5.59. The first-order valence-electron chi connectivity index (χ1n) is 5.59. The van der Waals surface area contributed by atoms with Crippen LogP contribution in [0.1, 0.15) is 36.0 Å². The van der Waals surface area contributed by atoms with Gasteiger partial charge in [0.25, 0.3) is 0 Å². The van der Waals surface area contributed by atoms with Gasteiger partial charge in [0.2, 0.25) is 0 Å². The molecule has 17 heavy (non-hydrogen) atoms. The van der Waals surface area contributed by atoms with Crippen LogP contribution in [0.25, 0.3) is 0 Å². The summed E-state index contributed by atoms with van der Waals surface area (Å²) in [5.74, 6) is -2.37. The molecule has 0 amide bonds. The third-order valence-electron chi connectivity index (χ3n) is 3.05. The summed E-state index contributed by atoms with van der Waals surface area (Å²) in [6.45, 7) is 0. The standard InChI is InChI=1S/C13H12F2O2/c14-9-4-5-11(12(15)7-9)13(17)8-2-1-3-10(16)6-8/h4-5,7-8H,1-3,6H2. The van der Waals surface area contributed by atoms with E-state index in [0.717, 1.165) is 12.1 Å². The van der Waals surface area contributed by atoms with E-state index in [2.05, 4.69) is 0 Å². The van der Waals surface area contributed by atoms with Crippen LogP contribution in [-0.2, 0) is 4.79 Å². The lowest BCUT2D eigenvalue weighted by Crippen LogP contribution is -2.23. The Labute approximate surface area is 97.6 Å². The zero-order valence-corrected chi connectivity index (χ0v) is 9.21. The molecule has 0 bridgehead atoms. The number of ketones is 2. The molecule has 2 nitrogen and oxygen atoms in total. The fourth-order valence-corrected chi connectivity index (χ4v) is 2.16. The molecule has 1 saturated carbocycles. The Morgan fingerprint density at radius 1 is 1.29 bits per heavy atom. The highest BCUT2D eigenvalue weighted by Crippen LogP contribution is 2.26. The number of carbonyl (C=O) groups is 2. The largest absolute Gasteiger partial charge is 0.300 e. The lowest BCUT2D eigenvalue weighted by molar-refractivity contribution is -0.121. The van der Waals surface area contributed by atoms with Crippen molar-refractivity contribution < 1.29 is 18.4 Å². The van der Waals surface area contributed by atoms with Crippen LogP contribution < -0.4 is 0 Å². The maximum absolute atomic E-state index is 13.4. The number of hydrogen-bond donors (Lipinski definition) is 0. The number of hydrogen-bond acceptors (Lipinski definition) is 2. The van der Waals surface area contributed by atoms with Crippen molar-refractivity contribution >= 4 is 11.6 Å². The molecule has 1 aromatic rings. The van der Waals surface area contributed by atoms with E-state index < -0.39 is 23.3 Å². The molecule has 1 aromatic carbocycles. The summed E-state index contributed by atoms with van der Waals surface area (Å²) in [7, 11) is 0. The molecule has 1 aliphatic rings. The Morgan fingerprint density at radius 3 is 2.71 bits per heavy atom. The second kappa shape index (κ2) is 4.73. The van der Waals surface area contributed by atoms with Crippen molar-refractivity contribution in [3.05, 3.63) is 35.4 Å². The van der Waals surface area contributed by atoms with E-state index in [1.54, 1.807) is 0 Å². The second-order valence-corrected chi connectivity index (χ2v) is 4.32. The van der Waals surface area contributed by atoms with Gasteiger partial charge in [-0.3, -0.25) is 9.59 Å². The van der Waals surface area contributed by atoms with E-state index in [0.29, 0.717) is 25.3 Å². The van der Waals surface area contributed by atoms with Crippen LogP contribution in [0, 0.1) is 17.6 Å². The Kier molecular flexibility index (Phi) is 3.31. The molecule has 0 radical (unpaired) electrons. The summed E-state index contributed by atoms with van der Waals surface area (Å²) >= 11 is 0. The molecule has 90 valence electrons. The highest BCUT2D eigenvalue weighted by atomic mass is 19.1. The maximum Gasteiger partial charge on any atom is 0.169 e. The summed E-state index contributed by atoms with van der Waals surface area (Å²) in [6, 6.07) is 2.89. The lowest BCUT2D eigenvalue weighted by Gasteiger charge is -2.19. The Hall–Kier alpha value is -1.58. The summed E-state index contributed by atoms with van der Waals surface area (Å²) in [5.41, 5.74) is -0.119. The number of rotatable bonds is 2. The first-order chi connectivity index (χ1) is 8.08. The molecule has 2 rings (SSSR count). The van der Waals surface area contributed by atoms with Crippen molar-refractivity contribution in [2.45, 2.75) is 25.7 Å². The van der Waals surface area contributed by atoms with Gasteiger partial charge < -0.3 is 0 Å². The average molecular weight is 238 g/mol. The van der Waals surface area contributed by atoms with Gasteiger partial charge in [-0.25, -0.2) is 8.78 Å². The summed E-state index contributed by atoms with van der Waals surface area (Å²) in [4.78, 5) is 23.2. The van der Waals surface area contributed by atoms with Gasteiger partial charge >= 0.3 is 0 Å². The third-order valence-corrected chi connectivity index (χ3v) is 3.05. The van der Waals surface area contributed by atoms with Crippen LogP contribution in [0.15, 0.2) is 18.2 Å². The van der Waals surface area contributed by atoms with E-state index in [9.17, 15) is 18.4 Å². The normalized spacial score (nSPS) is 20.4. The molecule has 1 aliphatic carbocycles. The second-order valence-electron chi connectivity index (χ2n) is 4.32. The van der Waals surface area contributed by atoms with Crippen molar-refractivity contribution in [2.75, 3.05) is 0 Å². The monoisotopic (exact) mass is 238 g/mol. The van der Waals surface area contributed by atoms with Crippen LogP contribution in [-0.4, -0.2) is 11.6 Å². The molecule has 0 heterocycles. The lowest BCUT2D eigenvalue weighted by atomic mass is 9.83. The summed E-state index contributed by atoms with van der Waals surface area (Å²) in [6.07, 6.45) is 1.94. The predicted molar refractivity (Wildman–Crippen MR) is 57.7 cm³/mol. The van der Waals surface area contributed by atoms with Crippen molar-refractivity contribution in [2.24, 2.45) is 5.92 Å². The molecule has 0 spiro atoms. The van der Waals surface area contributed by atoms with E-state index in [4.69, 9.17) is 0 Å². The number of Topliss-reactive ketones (excluding diaryl/α,β-unsaturated/α-hetero) is 2. The Balaban J connectivity index is 2.21. The van der Waals surface area contributed by atoms with E-state index in [1.165, 1.54) is 0 Å². The van der Waals surface area contributed by atoms with E-state index in [-0.39, 0.29) is 17.8 Å². The topological polar surface area (TPSA) is 34.1 Å². The summed E-state index contributed by atoms with van der Waals surface area (Å²) < 4.78 is 26.1. The SMILES string of the molecule is O=C1CCCC(C(=O)c2ccc(F)cc2F)C1. The summed E-state index contributed by atoms with van der Waals surface area (Å²) in [5, 5.41) is 0. The van der Waals surface area contributed by atoms with Crippen molar-refractivity contribution in [3.8, 4) is 0 Å². The van der Waals surface area contributed by atoms with Crippen LogP contribution in [0.4, 0.5) is 8.78 Å². The molecule has 0 saturated heterocycles. The van der Waals surface area contributed by atoms with Gasteiger partial charge in [-0.05, 0) is 25.0 Å². The van der Waals surface area contributed by atoms with Crippen LogP contribution >= 0.6 is 0 Å². The Morgan fingerprint density at radius 2 is 2.06 bits per heavy atom. The minimum absolute atomic E-state index is 0.0390. The molecular formula is C13H12F2O2. The number of halogens is 2. The quantitative estimate of drug-likeness (QED) is 0.742. The highest BCUT2D eigenvalue weighted by molar-refractivity contribution is 6.00. The van der Waals surface area contributed by atoms with Gasteiger partial charge in [0.05, 0.1) is 5.56 Å². The van der Waals surface area contributed by atoms with Crippen molar-refractivity contribution in [1.29, 1.82) is 0 Å². The van der Waals surface area contributed by atoms with Crippen LogP contribution in [0.5, 0.6) is 0 Å². The van der Waals surface area contributed by atoms with Gasteiger partial charge in [-0.1, -0.05) is 0 Å². The molecule has 4 heteroatoms. The first kappa shape index (κ1) is 11.9. The zero-order chi connectivity index (χ0) is 12.4. The molecular weight excluding hydrogens is 226 g/mol. The maximum atomic E-state index is 13.4. The van der Waals surface area contributed by atoms with Crippen LogP contribution in [0.2, 0.25) is 0 Å². The predicted octanol–water partition coefficient (Wildman–Crippen LogP) is 2.91. The number of carbonyl (C=O) groups excluding carboxylic acids is 2. The average Bonchev–Trinajstić information content (AvgIpc) is 2.28. The minimum atomic E-state index is -0.854. The molecule has 0 aromatic heterocycles. The highest BCUT2D eigenvalue weighted by Gasteiger charge is 2.28. The fourth-order valence-electron chi connectivity index (χ4n) is 2.16. The smallest absolute Gasteiger partial charge is 0.169 e. The minimum Gasteiger partial charge on any atom is -0.300 e. The molecule has 0 N–H and O–H groups in total. The van der Waals surface area contributed by atoms with Gasteiger partial charge in [0, 0.05) is 24.8 Å². The van der Waals surface area contributed by atoms with Gasteiger partial charge in [-0.2, -0.15) is 0 Å². The van der Waals surface area contributed by atoms with Gasteiger partial charge in [0.1, 0.15) is 17.4 Å². The van der Waals surface area contributed by atoms with Crippen LogP contribution in [0.3, 0.4) is 0 Å². The molecule has 1 unspecified atom stereocenters. The molecule has 1 atom stereocenters. The third kappa shape index (κ3) is 2.57. The molecule has 1 fully saturated rings. The van der Waals surface area contributed by atoms with Crippen molar-refractivity contribution in [1.82, 2.24) is 0 Å². The van der Waals surface area contributed by atoms with E-state index in [1.807, 2.05) is 0 Å².